The van der Waals surface area contributed by atoms with Gasteiger partial charge in [0.25, 0.3) is 11.8 Å². The number of aromatic nitrogens is 4. The van der Waals surface area contributed by atoms with Crippen molar-refractivity contribution in [1.29, 1.82) is 0 Å². The number of fused-ring (bicyclic) bond motifs is 1. The molecule has 1 saturated heterocycles. The average molecular weight is 531 g/mol. The number of hydrogen-bond donors (Lipinski definition) is 3. The molecule has 0 saturated carbocycles. The monoisotopic (exact) mass is 530 g/mol. The molecule has 39 heavy (non-hydrogen) atoms. The molecule has 12 heteroatoms. The zero-order chi connectivity index (χ0) is 27.9. The molecule has 11 nitrogen and oxygen atoms in total. The number of likely N-dealkylation sites (tertiary alicyclic amines) is 1. The first-order valence-corrected chi connectivity index (χ1v) is 12.2. The normalized spacial score (nSPS) is 14.6. The summed E-state index contributed by atoms with van der Waals surface area (Å²) in [7, 11) is 0. The third kappa shape index (κ3) is 5.46. The van der Waals surface area contributed by atoms with E-state index in [0.717, 1.165) is 19.2 Å². The minimum Gasteiger partial charge on any atom is -0.366 e. The Bertz CT molecular complexity index is 1620. The van der Waals surface area contributed by atoms with Crippen molar-refractivity contribution in [3.8, 4) is 11.3 Å². The van der Waals surface area contributed by atoms with Gasteiger partial charge in [0.1, 0.15) is 5.82 Å². The highest BCUT2D eigenvalue weighted by Crippen LogP contribution is 2.28. The van der Waals surface area contributed by atoms with Gasteiger partial charge < -0.3 is 16.4 Å². The van der Waals surface area contributed by atoms with Gasteiger partial charge in [0.2, 0.25) is 5.91 Å². The number of pyridine rings is 1. The number of nitrogens with two attached hydrogens (primary N) is 1. The molecule has 1 aliphatic rings. The number of aryl methyl sites for hydroxylation is 1. The average Bonchev–Trinajstić information content (AvgIpc) is 3.28. The number of primary amides is 1. The van der Waals surface area contributed by atoms with Crippen LogP contribution in [0, 0.1) is 18.2 Å². The van der Waals surface area contributed by atoms with Gasteiger partial charge in [-0.3, -0.25) is 29.3 Å². The quantitative estimate of drug-likeness (QED) is 0.333. The molecule has 0 bridgehead atoms. The van der Waals surface area contributed by atoms with Crippen molar-refractivity contribution >= 4 is 34.6 Å². The van der Waals surface area contributed by atoms with Crippen molar-refractivity contribution < 1.29 is 18.8 Å². The summed E-state index contributed by atoms with van der Waals surface area (Å²) in [5, 5.41) is 9.90. The van der Waals surface area contributed by atoms with E-state index in [9.17, 15) is 18.8 Å². The van der Waals surface area contributed by atoms with E-state index >= 15 is 0 Å². The summed E-state index contributed by atoms with van der Waals surface area (Å²) in [6, 6.07) is 5.64. The van der Waals surface area contributed by atoms with E-state index in [1.165, 1.54) is 29.0 Å². The number of nitrogens with zero attached hydrogens (tertiary/aromatic N) is 5. The van der Waals surface area contributed by atoms with Crippen molar-refractivity contribution in [2.75, 3.05) is 30.3 Å². The van der Waals surface area contributed by atoms with Gasteiger partial charge in [-0.15, -0.1) is 0 Å². The topological polar surface area (TPSA) is 148 Å². The van der Waals surface area contributed by atoms with Gasteiger partial charge in [0.05, 0.1) is 70.7 Å². The molecular formula is C27H27FN8O3. The van der Waals surface area contributed by atoms with E-state index in [2.05, 4.69) is 44.4 Å². The maximum absolute atomic E-state index is 14.2. The predicted molar refractivity (Wildman–Crippen MR) is 143 cm³/mol. The van der Waals surface area contributed by atoms with E-state index in [0.29, 0.717) is 33.8 Å². The molecule has 0 spiro atoms. The predicted octanol–water partition coefficient (Wildman–Crippen LogP) is 2.87. The van der Waals surface area contributed by atoms with Crippen LogP contribution < -0.4 is 16.4 Å². The van der Waals surface area contributed by atoms with Crippen molar-refractivity contribution in [2.24, 2.45) is 11.1 Å². The molecule has 0 unspecified atom stereocenters. The molecule has 5 rings (SSSR count). The van der Waals surface area contributed by atoms with E-state index in [1.807, 2.05) is 0 Å². The molecule has 4 aromatic rings. The van der Waals surface area contributed by atoms with Gasteiger partial charge >= 0.3 is 0 Å². The van der Waals surface area contributed by atoms with Crippen LogP contribution in [0.25, 0.3) is 16.8 Å². The van der Waals surface area contributed by atoms with Gasteiger partial charge in [0.15, 0.2) is 0 Å². The lowest BCUT2D eigenvalue weighted by atomic mass is 9.84. The van der Waals surface area contributed by atoms with Crippen molar-refractivity contribution in [2.45, 2.75) is 20.8 Å². The van der Waals surface area contributed by atoms with Gasteiger partial charge in [-0.1, -0.05) is 19.9 Å². The highest BCUT2D eigenvalue weighted by atomic mass is 19.1. The zero-order valence-corrected chi connectivity index (χ0v) is 21.7. The molecule has 0 aliphatic carbocycles. The van der Waals surface area contributed by atoms with Crippen LogP contribution in [0.2, 0.25) is 0 Å². The summed E-state index contributed by atoms with van der Waals surface area (Å²) < 4.78 is 15.7. The highest BCUT2D eigenvalue weighted by Gasteiger charge is 2.34. The highest BCUT2D eigenvalue weighted by molar-refractivity contribution is 6.09. The molecule has 200 valence electrons. The second kappa shape index (κ2) is 9.87. The molecule has 0 atom stereocenters. The second-order valence-electron chi connectivity index (χ2n) is 10.4. The van der Waals surface area contributed by atoms with Gasteiger partial charge in [0, 0.05) is 18.7 Å². The van der Waals surface area contributed by atoms with Crippen molar-refractivity contribution in [3.05, 3.63) is 71.7 Å². The zero-order valence-electron chi connectivity index (χ0n) is 21.7. The fourth-order valence-electron chi connectivity index (χ4n) is 4.68. The molecule has 1 aromatic carbocycles. The van der Waals surface area contributed by atoms with Crippen LogP contribution in [0.3, 0.4) is 0 Å². The van der Waals surface area contributed by atoms with Crippen LogP contribution in [-0.4, -0.2) is 61.8 Å². The number of halogens is 1. The summed E-state index contributed by atoms with van der Waals surface area (Å²) in [4.78, 5) is 47.6. The first kappa shape index (κ1) is 25.9. The minimum atomic E-state index is -0.862. The minimum absolute atomic E-state index is 0.151. The molecule has 1 aliphatic heterocycles. The molecule has 4 N–H and O–H groups in total. The Labute approximate surface area is 223 Å². The summed E-state index contributed by atoms with van der Waals surface area (Å²) in [6.45, 7) is 8.08. The summed E-state index contributed by atoms with van der Waals surface area (Å²) in [6.07, 6.45) is 5.95. The lowest BCUT2D eigenvalue weighted by molar-refractivity contribution is -0.120. The van der Waals surface area contributed by atoms with E-state index in [1.54, 1.807) is 25.4 Å². The maximum Gasteiger partial charge on any atom is 0.259 e. The Balaban J connectivity index is 1.30. The Hall–Kier alpha value is -4.71. The van der Waals surface area contributed by atoms with Crippen LogP contribution in [0.5, 0.6) is 0 Å². The van der Waals surface area contributed by atoms with Gasteiger partial charge in [-0.2, -0.15) is 5.10 Å². The lowest BCUT2D eigenvalue weighted by Gasteiger charge is -2.45. The lowest BCUT2D eigenvalue weighted by Crippen LogP contribution is -2.54. The van der Waals surface area contributed by atoms with Crippen molar-refractivity contribution in [3.63, 3.8) is 0 Å². The number of anilines is 2. The number of rotatable bonds is 7. The second-order valence-corrected chi connectivity index (χ2v) is 10.4. The first-order chi connectivity index (χ1) is 18.5. The molecule has 4 heterocycles. The Morgan fingerprint density at radius 1 is 1.05 bits per heavy atom. The van der Waals surface area contributed by atoms with E-state index in [4.69, 9.17) is 5.73 Å². The number of nitrogens with one attached hydrogen (secondary N) is 2. The third-order valence-electron chi connectivity index (χ3n) is 6.47. The number of hydrogen-bond acceptors (Lipinski definition) is 7. The molecule has 3 amide bonds. The number of benzene rings is 1. The van der Waals surface area contributed by atoms with Crippen LogP contribution in [-0.2, 0) is 4.79 Å². The third-order valence-corrected chi connectivity index (χ3v) is 6.47. The van der Waals surface area contributed by atoms with Gasteiger partial charge in [-0.25, -0.2) is 8.91 Å². The smallest absolute Gasteiger partial charge is 0.259 e. The Morgan fingerprint density at radius 3 is 2.51 bits per heavy atom. The number of carbonyl (C=O) groups excluding carboxylic acids is 3. The number of carbonyl (C=O) groups is 3. The summed E-state index contributed by atoms with van der Waals surface area (Å²) in [5.41, 5.74) is 8.16. The van der Waals surface area contributed by atoms with Crippen LogP contribution in [0.1, 0.15) is 40.3 Å². The maximum atomic E-state index is 14.2. The van der Waals surface area contributed by atoms with E-state index in [-0.39, 0.29) is 29.0 Å². The number of amides is 3. The molecule has 0 radical (unpaired) electrons. The Kier molecular flexibility index (Phi) is 6.56. The van der Waals surface area contributed by atoms with Crippen LogP contribution in [0.4, 0.5) is 15.8 Å². The van der Waals surface area contributed by atoms with Crippen LogP contribution in [0.15, 0.2) is 49.1 Å². The van der Waals surface area contributed by atoms with Gasteiger partial charge in [-0.05, 0) is 30.5 Å². The first-order valence-electron chi connectivity index (χ1n) is 12.2. The summed E-state index contributed by atoms with van der Waals surface area (Å²) in [5.74, 6) is -2.21. The van der Waals surface area contributed by atoms with Crippen LogP contribution >= 0.6 is 0 Å². The summed E-state index contributed by atoms with van der Waals surface area (Å²) >= 11 is 0. The van der Waals surface area contributed by atoms with Crippen molar-refractivity contribution in [1.82, 2.24) is 24.5 Å². The fraction of sp³-hybridized carbons (Fsp3) is 0.259. The molecule has 3 aromatic heterocycles. The molecular weight excluding hydrogens is 503 g/mol. The Morgan fingerprint density at radius 2 is 1.82 bits per heavy atom. The standard InChI is InChI=1S/C27H27FN8O3/c1-15-21(7-17(8-30-15)33-24(37)12-35-13-27(2,3)14-35)34-26(39)19-9-32-36-11-22(31-10-23(19)36)16-4-5-18(25(29)38)20(28)6-16/h4-11H,12-14H2,1-3H3,(H2,29,38)(H,33,37)(H,34,39). The van der Waals surface area contributed by atoms with E-state index < -0.39 is 17.6 Å². The largest absolute Gasteiger partial charge is 0.366 e. The molecule has 1 fully saturated rings. The SMILES string of the molecule is Cc1ncc(NC(=O)CN2CC(C)(C)C2)cc1NC(=O)c1cnn2cc(-c3ccc(C(N)=O)c(F)c3)ncc12. The fourth-order valence-corrected chi connectivity index (χ4v) is 4.68.